The Morgan fingerprint density at radius 1 is 1.29 bits per heavy atom. The fourth-order valence-corrected chi connectivity index (χ4v) is 2.40. The van der Waals surface area contributed by atoms with Crippen molar-refractivity contribution in [3.05, 3.63) is 35.4 Å². The van der Waals surface area contributed by atoms with E-state index in [0.29, 0.717) is 6.04 Å². The first-order valence-corrected chi connectivity index (χ1v) is 6.48. The van der Waals surface area contributed by atoms with E-state index in [9.17, 15) is 0 Å². The van der Waals surface area contributed by atoms with Gasteiger partial charge in [0.2, 0.25) is 0 Å². The van der Waals surface area contributed by atoms with Gasteiger partial charge in [0.05, 0.1) is 5.60 Å². The van der Waals surface area contributed by atoms with Gasteiger partial charge < -0.3 is 10.1 Å². The van der Waals surface area contributed by atoms with Gasteiger partial charge in [0, 0.05) is 19.6 Å². The van der Waals surface area contributed by atoms with Crippen LogP contribution in [0.15, 0.2) is 24.3 Å². The molecule has 0 spiro atoms. The zero-order valence-electron chi connectivity index (χ0n) is 11.1. The number of ether oxygens (including phenoxy) is 1. The maximum absolute atomic E-state index is 5.46. The van der Waals surface area contributed by atoms with Gasteiger partial charge in [0.15, 0.2) is 0 Å². The van der Waals surface area contributed by atoms with Gasteiger partial charge in [0.1, 0.15) is 0 Å². The Labute approximate surface area is 104 Å². The van der Waals surface area contributed by atoms with E-state index in [1.54, 1.807) is 7.11 Å². The van der Waals surface area contributed by atoms with Gasteiger partial charge in [0.25, 0.3) is 0 Å². The Kier molecular flexibility index (Phi) is 3.85. The van der Waals surface area contributed by atoms with Gasteiger partial charge in [-0.1, -0.05) is 24.3 Å². The van der Waals surface area contributed by atoms with E-state index in [1.807, 2.05) is 0 Å². The number of methoxy groups -OCH3 is 1. The Morgan fingerprint density at radius 3 is 2.53 bits per heavy atom. The second-order valence-corrected chi connectivity index (χ2v) is 5.53. The first-order chi connectivity index (χ1) is 8.11. The highest BCUT2D eigenvalue weighted by Crippen LogP contribution is 2.24. The second kappa shape index (κ2) is 5.19. The summed E-state index contributed by atoms with van der Waals surface area (Å²) >= 11 is 0. The summed E-state index contributed by atoms with van der Waals surface area (Å²) in [6.45, 7) is 5.40. The summed E-state index contributed by atoms with van der Waals surface area (Å²) in [6.07, 6.45) is 3.52. The van der Waals surface area contributed by atoms with Gasteiger partial charge in [-0.3, -0.25) is 0 Å². The number of hydrogen-bond acceptors (Lipinski definition) is 2. The highest BCUT2D eigenvalue weighted by molar-refractivity contribution is 5.26. The Balaban J connectivity index is 2.02. The first-order valence-electron chi connectivity index (χ1n) is 6.48. The number of rotatable bonds is 4. The molecule has 0 aliphatic carbocycles. The molecule has 0 aromatic heterocycles. The molecule has 1 aromatic rings. The lowest BCUT2D eigenvalue weighted by Crippen LogP contribution is -2.25. The van der Waals surface area contributed by atoms with Crippen molar-refractivity contribution in [3.8, 4) is 0 Å². The zero-order valence-corrected chi connectivity index (χ0v) is 11.1. The molecule has 94 valence electrons. The number of hydrogen-bond donors (Lipinski definition) is 1. The summed E-state index contributed by atoms with van der Waals surface area (Å²) in [5.74, 6) is 0. The topological polar surface area (TPSA) is 21.3 Å². The molecular weight excluding hydrogens is 210 g/mol. The fraction of sp³-hybridized carbons (Fsp3) is 0.600. The molecule has 0 bridgehead atoms. The minimum absolute atomic E-state index is 0.0763. The van der Waals surface area contributed by atoms with Crippen molar-refractivity contribution in [3.63, 3.8) is 0 Å². The lowest BCUT2D eigenvalue weighted by atomic mass is 9.96. The zero-order chi connectivity index (χ0) is 12.3. The summed E-state index contributed by atoms with van der Waals surface area (Å²) in [5, 5.41) is 3.53. The number of benzene rings is 1. The van der Waals surface area contributed by atoms with Crippen molar-refractivity contribution in [2.45, 2.75) is 44.8 Å². The molecule has 1 heterocycles. The van der Waals surface area contributed by atoms with E-state index in [2.05, 4.69) is 43.4 Å². The van der Waals surface area contributed by atoms with E-state index >= 15 is 0 Å². The fourth-order valence-electron chi connectivity index (χ4n) is 2.40. The lowest BCUT2D eigenvalue weighted by molar-refractivity contribution is 0.0232. The molecule has 1 atom stereocenters. The van der Waals surface area contributed by atoms with Crippen molar-refractivity contribution >= 4 is 0 Å². The minimum atomic E-state index is -0.0763. The third kappa shape index (κ3) is 3.30. The van der Waals surface area contributed by atoms with Crippen LogP contribution < -0.4 is 5.32 Å². The molecule has 2 nitrogen and oxygen atoms in total. The third-order valence-corrected chi connectivity index (χ3v) is 3.62. The molecule has 2 rings (SSSR count). The van der Waals surface area contributed by atoms with Crippen molar-refractivity contribution in [1.82, 2.24) is 5.32 Å². The molecular formula is C15H23NO. The van der Waals surface area contributed by atoms with Gasteiger partial charge in [-0.05, 0) is 44.4 Å². The maximum atomic E-state index is 5.46. The summed E-state index contributed by atoms with van der Waals surface area (Å²) < 4.78 is 5.46. The predicted molar refractivity (Wildman–Crippen MR) is 71.2 cm³/mol. The monoisotopic (exact) mass is 233 g/mol. The molecule has 1 aliphatic rings. The van der Waals surface area contributed by atoms with Crippen LogP contribution in [0.1, 0.15) is 43.9 Å². The smallest absolute Gasteiger partial charge is 0.0662 e. The van der Waals surface area contributed by atoms with Crippen LogP contribution in [0, 0.1) is 0 Å². The molecule has 2 heteroatoms. The van der Waals surface area contributed by atoms with Crippen LogP contribution in [0.5, 0.6) is 0 Å². The number of nitrogens with one attached hydrogen (secondary N) is 1. The van der Waals surface area contributed by atoms with Gasteiger partial charge in [-0.15, -0.1) is 0 Å². The average Bonchev–Trinajstić information content (AvgIpc) is 2.83. The lowest BCUT2D eigenvalue weighted by Gasteiger charge is -2.23. The third-order valence-electron chi connectivity index (χ3n) is 3.62. The quantitative estimate of drug-likeness (QED) is 0.863. The molecule has 1 fully saturated rings. The summed E-state index contributed by atoms with van der Waals surface area (Å²) in [7, 11) is 1.77. The largest absolute Gasteiger partial charge is 0.378 e. The van der Waals surface area contributed by atoms with Crippen LogP contribution in [0.3, 0.4) is 0 Å². The van der Waals surface area contributed by atoms with E-state index in [-0.39, 0.29) is 5.60 Å². The Morgan fingerprint density at radius 2 is 2.00 bits per heavy atom. The van der Waals surface area contributed by atoms with Crippen LogP contribution in [-0.4, -0.2) is 19.3 Å². The molecule has 1 saturated heterocycles. The van der Waals surface area contributed by atoms with E-state index < -0.39 is 0 Å². The van der Waals surface area contributed by atoms with Crippen LogP contribution in [-0.2, 0) is 11.2 Å². The molecule has 1 aromatic carbocycles. The predicted octanol–water partition coefficient (Wildman–Crippen LogP) is 3.08. The van der Waals surface area contributed by atoms with Crippen LogP contribution >= 0.6 is 0 Å². The molecule has 17 heavy (non-hydrogen) atoms. The van der Waals surface area contributed by atoms with Crippen LogP contribution in [0.25, 0.3) is 0 Å². The van der Waals surface area contributed by atoms with Crippen molar-refractivity contribution in [1.29, 1.82) is 0 Å². The summed E-state index contributed by atoms with van der Waals surface area (Å²) in [5.41, 5.74) is 2.69. The standard InChI is InChI=1S/C15H23NO/c1-15(2,17-3)11-12-6-8-13(9-7-12)14-5-4-10-16-14/h6-9,14,16H,4-5,10-11H2,1-3H3. The van der Waals surface area contributed by atoms with Crippen molar-refractivity contribution < 1.29 is 4.74 Å². The van der Waals surface area contributed by atoms with Crippen molar-refractivity contribution in [2.24, 2.45) is 0 Å². The van der Waals surface area contributed by atoms with Crippen molar-refractivity contribution in [2.75, 3.05) is 13.7 Å². The summed E-state index contributed by atoms with van der Waals surface area (Å²) in [4.78, 5) is 0. The Bertz CT molecular complexity index is 350. The second-order valence-electron chi connectivity index (χ2n) is 5.53. The SMILES string of the molecule is COC(C)(C)Cc1ccc(C2CCCN2)cc1. The normalized spacial score (nSPS) is 20.8. The van der Waals surface area contributed by atoms with E-state index in [4.69, 9.17) is 4.74 Å². The van der Waals surface area contributed by atoms with Gasteiger partial charge >= 0.3 is 0 Å². The van der Waals surface area contributed by atoms with E-state index in [0.717, 1.165) is 13.0 Å². The molecule has 1 aliphatic heterocycles. The molecule has 1 N–H and O–H groups in total. The molecule has 0 amide bonds. The molecule has 0 radical (unpaired) electrons. The first kappa shape index (κ1) is 12.6. The van der Waals surface area contributed by atoms with Crippen LogP contribution in [0.4, 0.5) is 0 Å². The molecule has 1 unspecified atom stereocenters. The summed E-state index contributed by atoms with van der Waals surface area (Å²) in [6, 6.07) is 9.54. The Hall–Kier alpha value is -0.860. The highest BCUT2D eigenvalue weighted by atomic mass is 16.5. The maximum Gasteiger partial charge on any atom is 0.0662 e. The van der Waals surface area contributed by atoms with Gasteiger partial charge in [-0.2, -0.15) is 0 Å². The van der Waals surface area contributed by atoms with Gasteiger partial charge in [-0.25, -0.2) is 0 Å². The molecule has 0 saturated carbocycles. The van der Waals surface area contributed by atoms with E-state index in [1.165, 1.54) is 24.0 Å². The van der Waals surface area contributed by atoms with Crippen LogP contribution in [0.2, 0.25) is 0 Å². The highest BCUT2D eigenvalue weighted by Gasteiger charge is 2.18. The average molecular weight is 233 g/mol. The minimum Gasteiger partial charge on any atom is -0.378 e.